The molecule has 6 N–H and O–H groups in total. The van der Waals surface area contributed by atoms with Gasteiger partial charge in [0.15, 0.2) is 11.4 Å². The number of nitrogen functional groups attached to an aromatic ring is 1. The van der Waals surface area contributed by atoms with E-state index in [1.165, 1.54) is 15.8 Å². The second-order valence-electron chi connectivity index (χ2n) is 13.8. The van der Waals surface area contributed by atoms with Crippen LogP contribution < -0.4 is 31.9 Å². The molecule has 290 valence electrons. The molecule has 2 saturated heterocycles. The van der Waals surface area contributed by atoms with Crippen LogP contribution in [-0.4, -0.2) is 96.3 Å². The van der Waals surface area contributed by atoms with E-state index in [0.29, 0.717) is 67.4 Å². The van der Waals surface area contributed by atoms with E-state index in [9.17, 15) is 19.8 Å². The molecule has 2 fully saturated rings. The molecule has 2 aromatic heterocycles. The molecular weight excluding hydrogens is 704 g/mol. The highest BCUT2D eigenvalue weighted by Gasteiger charge is 2.31. The number of piperazine rings is 1. The zero-order valence-corrected chi connectivity index (χ0v) is 30.7. The molecule has 15 heteroatoms. The van der Waals surface area contributed by atoms with Crippen molar-refractivity contribution in [1.82, 2.24) is 25.4 Å². The van der Waals surface area contributed by atoms with Crippen LogP contribution >= 0.6 is 0 Å². The second-order valence-corrected chi connectivity index (χ2v) is 13.8. The number of benzene rings is 3. The molecule has 0 bridgehead atoms. The van der Waals surface area contributed by atoms with Gasteiger partial charge in [-0.05, 0) is 79.3 Å². The highest BCUT2D eigenvalue weighted by molar-refractivity contribution is 5.84. The molecule has 7 rings (SSSR count). The number of phenolic OH excluding ortho intramolecular Hbond substituents is 1. The number of aromatic nitrogens is 3. The molecular formula is C40H48N8O7. The monoisotopic (exact) mass is 752 g/mol. The van der Waals surface area contributed by atoms with Crippen LogP contribution in [0.15, 0.2) is 82.0 Å². The van der Waals surface area contributed by atoms with E-state index < -0.39 is 18.0 Å². The van der Waals surface area contributed by atoms with Gasteiger partial charge in [0.1, 0.15) is 18.0 Å². The SMILES string of the molecule is Nc1nnc(-c2ccccc2O)cc1N1CCN(c2ccc(CNCCOCCOCCCc3ccc4c(c3)oc(=O)n4C3CCC(O)NC3=O)cc2)CC1. The third-order valence-electron chi connectivity index (χ3n) is 10.1. The van der Waals surface area contributed by atoms with Crippen molar-refractivity contribution < 1.29 is 28.9 Å². The van der Waals surface area contributed by atoms with E-state index in [1.807, 2.05) is 36.4 Å². The lowest BCUT2D eigenvalue weighted by molar-refractivity contribution is -0.130. The van der Waals surface area contributed by atoms with Gasteiger partial charge in [-0.25, -0.2) is 4.79 Å². The number of carbonyl (C=O) groups excluding carboxylic acids is 1. The normalized spacial score (nSPS) is 17.5. The largest absolute Gasteiger partial charge is 0.507 e. The third-order valence-corrected chi connectivity index (χ3v) is 10.1. The van der Waals surface area contributed by atoms with Crippen molar-refractivity contribution in [3.63, 3.8) is 0 Å². The van der Waals surface area contributed by atoms with Gasteiger partial charge in [0.2, 0.25) is 5.91 Å². The molecule has 2 aliphatic heterocycles. The molecule has 15 nitrogen and oxygen atoms in total. The number of para-hydroxylation sites is 1. The number of aromatic hydroxyl groups is 1. The quantitative estimate of drug-likeness (QED) is 0.0924. The summed E-state index contributed by atoms with van der Waals surface area (Å²) in [5, 5.41) is 34.2. The summed E-state index contributed by atoms with van der Waals surface area (Å²) >= 11 is 0. The lowest BCUT2D eigenvalue weighted by Crippen LogP contribution is -2.46. The fraction of sp³-hybridized carbons (Fsp3) is 0.400. The summed E-state index contributed by atoms with van der Waals surface area (Å²) in [4.78, 5) is 29.5. The van der Waals surface area contributed by atoms with Crippen LogP contribution in [0, 0.1) is 0 Å². The van der Waals surface area contributed by atoms with Gasteiger partial charge in [-0.15, -0.1) is 10.2 Å². The Balaban J connectivity index is 0.748. The number of anilines is 3. The van der Waals surface area contributed by atoms with Crippen molar-refractivity contribution in [2.45, 2.75) is 44.5 Å². The molecule has 4 heterocycles. The van der Waals surface area contributed by atoms with Crippen molar-refractivity contribution in [2.75, 3.05) is 74.7 Å². The number of carbonyl (C=O) groups is 1. The second kappa shape index (κ2) is 17.8. The summed E-state index contributed by atoms with van der Waals surface area (Å²) in [6.07, 6.45) is 1.42. The summed E-state index contributed by atoms with van der Waals surface area (Å²) in [6.45, 7) is 6.95. The number of rotatable bonds is 16. The molecule has 2 aliphatic rings. The minimum atomic E-state index is -0.883. The van der Waals surface area contributed by atoms with Gasteiger partial charge in [0.05, 0.1) is 36.7 Å². The summed E-state index contributed by atoms with van der Waals surface area (Å²) in [5.74, 6) is -0.419. The average Bonchev–Trinajstić information content (AvgIpc) is 3.52. The first-order chi connectivity index (χ1) is 26.8. The van der Waals surface area contributed by atoms with Crippen LogP contribution in [0.2, 0.25) is 0 Å². The zero-order valence-electron chi connectivity index (χ0n) is 30.7. The maximum Gasteiger partial charge on any atom is 0.420 e. The van der Waals surface area contributed by atoms with Gasteiger partial charge >= 0.3 is 5.76 Å². The van der Waals surface area contributed by atoms with E-state index in [2.05, 4.69) is 54.9 Å². The van der Waals surface area contributed by atoms with Gasteiger partial charge in [0, 0.05) is 57.1 Å². The molecule has 55 heavy (non-hydrogen) atoms. The molecule has 0 saturated carbocycles. The Bertz CT molecular complexity index is 2110. The fourth-order valence-electron chi connectivity index (χ4n) is 7.13. The van der Waals surface area contributed by atoms with E-state index in [1.54, 1.807) is 12.1 Å². The number of nitrogens with zero attached hydrogens (tertiary/aromatic N) is 5. The molecule has 0 aliphatic carbocycles. The minimum Gasteiger partial charge on any atom is -0.507 e. The summed E-state index contributed by atoms with van der Waals surface area (Å²) in [7, 11) is 0. The Morgan fingerprint density at radius 3 is 2.40 bits per heavy atom. The Kier molecular flexibility index (Phi) is 12.2. The number of nitrogens with two attached hydrogens (primary N) is 1. The van der Waals surface area contributed by atoms with Crippen molar-refractivity contribution >= 4 is 34.2 Å². The molecule has 2 unspecified atom stereocenters. The lowest BCUT2D eigenvalue weighted by atomic mass is 10.0. The standard InChI is InChI=1S/C40H48N8O7/c41-38-34(25-31(44-45-38)30-5-1-2-6-35(30)49)47-18-16-46(17-19-47)29-10-7-28(8-11-29)26-42-15-21-54-23-22-53-20-3-4-27-9-12-32-36(24-27)55-40(52)48(32)33-13-14-37(50)43-39(33)51/h1-2,5-12,24-25,33,37,42,49-50H,3-4,13-23,26H2,(H2,41,45)(H,43,51). The average molecular weight is 753 g/mol. The zero-order chi connectivity index (χ0) is 38.1. The minimum absolute atomic E-state index is 0.160. The Hall–Kier alpha value is -5.48. The number of ether oxygens (including phenoxy) is 2. The van der Waals surface area contributed by atoms with Gasteiger partial charge in [0.25, 0.3) is 0 Å². The van der Waals surface area contributed by atoms with E-state index in [-0.39, 0.29) is 11.7 Å². The predicted octanol–water partition coefficient (Wildman–Crippen LogP) is 3.19. The van der Waals surface area contributed by atoms with Crippen LogP contribution in [0.25, 0.3) is 22.4 Å². The van der Waals surface area contributed by atoms with Crippen LogP contribution in [0.3, 0.4) is 0 Å². The number of phenols is 1. The summed E-state index contributed by atoms with van der Waals surface area (Å²) in [6, 6.07) is 22.5. The fourth-order valence-corrected chi connectivity index (χ4v) is 7.13. The number of amides is 1. The van der Waals surface area contributed by atoms with Crippen LogP contribution in [0.4, 0.5) is 17.2 Å². The number of hydrogen-bond donors (Lipinski definition) is 5. The highest BCUT2D eigenvalue weighted by atomic mass is 16.5. The molecule has 5 aromatic rings. The Morgan fingerprint density at radius 1 is 0.873 bits per heavy atom. The van der Waals surface area contributed by atoms with Crippen molar-refractivity contribution in [3.05, 3.63) is 94.5 Å². The van der Waals surface area contributed by atoms with E-state index in [4.69, 9.17) is 19.6 Å². The number of fused-ring (bicyclic) bond motifs is 1. The first-order valence-electron chi connectivity index (χ1n) is 18.8. The summed E-state index contributed by atoms with van der Waals surface area (Å²) in [5.41, 5.74) is 12.7. The Labute approximate surface area is 318 Å². The van der Waals surface area contributed by atoms with Crippen LogP contribution in [-0.2, 0) is 27.2 Å². The number of hydrogen-bond acceptors (Lipinski definition) is 13. The van der Waals surface area contributed by atoms with Gasteiger partial charge in [-0.2, -0.15) is 0 Å². The van der Waals surface area contributed by atoms with Gasteiger partial charge < -0.3 is 50.3 Å². The van der Waals surface area contributed by atoms with Crippen molar-refractivity contribution in [2.24, 2.45) is 0 Å². The number of aliphatic hydroxyl groups is 1. The maximum atomic E-state index is 12.5. The van der Waals surface area contributed by atoms with Crippen LogP contribution in [0.1, 0.15) is 36.4 Å². The molecule has 0 radical (unpaired) electrons. The van der Waals surface area contributed by atoms with E-state index in [0.717, 1.165) is 63.4 Å². The number of nitrogens with one attached hydrogen (secondary N) is 2. The molecule has 1 amide bonds. The topological polar surface area (TPSA) is 193 Å². The summed E-state index contributed by atoms with van der Waals surface area (Å²) < 4.78 is 18.3. The smallest absolute Gasteiger partial charge is 0.420 e. The first-order valence-corrected chi connectivity index (χ1v) is 18.8. The maximum absolute atomic E-state index is 12.5. The Morgan fingerprint density at radius 2 is 1.62 bits per heavy atom. The number of piperidine rings is 1. The van der Waals surface area contributed by atoms with E-state index >= 15 is 0 Å². The molecule has 2 atom stereocenters. The van der Waals surface area contributed by atoms with Crippen LogP contribution in [0.5, 0.6) is 5.75 Å². The van der Waals surface area contributed by atoms with Gasteiger partial charge in [-0.1, -0.05) is 30.3 Å². The molecule has 3 aromatic carbocycles. The van der Waals surface area contributed by atoms with Crippen molar-refractivity contribution in [1.29, 1.82) is 0 Å². The lowest BCUT2D eigenvalue weighted by Gasteiger charge is -2.37. The predicted molar refractivity (Wildman–Crippen MR) is 209 cm³/mol. The highest BCUT2D eigenvalue weighted by Crippen LogP contribution is 2.32. The third kappa shape index (κ3) is 9.25. The number of aryl methyl sites for hydroxylation is 1. The molecule has 0 spiro atoms. The number of oxazole rings is 1. The van der Waals surface area contributed by atoms with Crippen molar-refractivity contribution in [3.8, 4) is 17.0 Å². The number of aliphatic hydroxyl groups excluding tert-OH is 1. The van der Waals surface area contributed by atoms with Gasteiger partial charge in [-0.3, -0.25) is 9.36 Å². The first kappa shape index (κ1) is 37.8.